The third-order valence-electron chi connectivity index (χ3n) is 4.92. The number of anilines is 1. The molecule has 0 atom stereocenters. The van der Waals surface area contributed by atoms with Gasteiger partial charge in [-0.25, -0.2) is 13.5 Å². The van der Waals surface area contributed by atoms with Gasteiger partial charge in [0.05, 0.1) is 19.9 Å². The first kappa shape index (κ1) is 18.3. The van der Waals surface area contributed by atoms with Gasteiger partial charge in [-0.05, 0) is 49.6 Å². The molecule has 1 aliphatic rings. The molecule has 146 valence electrons. The first-order valence-corrected chi connectivity index (χ1v) is 9.16. The second-order valence-corrected chi connectivity index (χ2v) is 6.64. The molecule has 0 saturated carbocycles. The zero-order valence-corrected chi connectivity index (χ0v) is 15.8. The molecular weight excluding hydrogens is 364 g/mol. The van der Waals surface area contributed by atoms with Crippen molar-refractivity contribution in [3.63, 3.8) is 0 Å². The Morgan fingerprint density at radius 3 is 2.57 bits per heavy atom. The summed E-state index contributed by atoms with van der Waals surface area (Å²) in [4.78, 5) is 0. The summed E-state index contributed by atoms with van der Waals surface area (Å²) < 4.78 is 40.1. The van der Waals surface area contributed by atoms with Crippen molar-refractivity contribution >= 4 is 5.82 Å². The van der Waals surface area contributed by atoms with Crippen LogP contribution in [-0.2, 0) is 6.42 Å². The maximum absolute atomic E-state index is 14.5. The minimum absolute atomic E-state index is 0.207. The lowest BCUT2D eigenvalue weighted by Crippen LogP contribution is -2.08. The molecule has 28 heavy (non-hydrogen) atoms. The lowest BCUT2D eigenvalue weighted by Gasteiger charge is -2.10. The number of hydrogen-bond donors (Lipinski definition) is 1. The van der Waals surface area contributed by atoms with Crippen LogP contribution in [0.25, 0.3) is 16.9 Å². The van der Waals surface area contributed by atoms with E-state index < -0.39 is 11.6 Å². The van der Waals surface area contributed by atoms with Crippen LogP contribution >= 0.6 is 0 Å². The average molecular weight is 385 g/mol. The van der Waals surface area contributed by atoms with Crippen molar-refractivity contribution < 1.29 is 18.3 Å². The normalized spacial score (nSPS) is 13.4. The molecule has 0 radical (unpaired) electrons. The molecule has 1 N–H and O–H groups in total. The molecule has 7 heteroatoms. The van der Waals surface area contributed by atoms with Crippen molar-refractivity contribution in [2.45, 2.75) is 19.3 Å². The average Bonchev–Trinajstić information content (AvgIpc) is 2.88. The molecule has 0 saturated heterocycles. The Balaban J connectivity index is 1.90. The van der Waals surface area contributed by atoms with E-state index in [1.54, 1.807) is 14.2 Å². The number of fused-ring (bicyclic) bond motifs is 1. The zero-order valence-electron chi connectivity index (χ0n) is 15.8. The van der Waals surface area contributed by atoms with E-state index in [4.69, 9.17) is 14.6 Å². The van der Waals surface area contributed by atoms with Crippen LogP contribution in [0.2, 0.25) is 0 Å². The van der Waals surface area contributed by atoms with Crippen LogP contribution in [0.1, 0.15) is 18.4 Å². The third kappa shape index (κ3) is 3.17. The SMILES string of the molecule is COc1ccc(-c2nn(-c3ccc(F)cc3F)c3c2CCCCN3)cc1OC. The van der Waals surface area contributed by atoms with E-state index in [-0.39, 0.29) is 5.69 Å². The second-order valence-electron chi connectivity index (χ2n) is 6.64. The van der Waals surface area contributed by atoms with Crippen molar-refractivity contribution in [2.24, 2.45) is 0 Å². The number of aromatic nitrogens is 2. The highest BCUT2D eigenvalue weighted by atomic mass is 19.1. The van der Waals surface area contributed by atoms with Gasteiger partial charge in [-0.3, -0.25) is 0 Å². The summed E-state index contributed by atoms with van der Waals surface area (Å²) in [5.41, 5.74) is 2.81. The van der Waals surface area contributed by atoms with Gasteiger partial charge in [-0.2, -0.15) is 5.10 Å². The molecule has 0 amide bonds. The van der Waals surface area contributed by atoms with Crippen LogP contribution in [0.3, 0.4) is 0 Å². The fourth-order valence-electron chi connectivity index (χ4n) is 3.55. The van der Waals surface area contributed by atoms with Crippen molar-refractivity contribution in [1.29, 1.82) is 0 Å². The molecule has 5 nitrogen and oxygen atoms in total. The van der Waals surface area contributed by atoms with Gasteiger partial charge in [0.2, 0.25) is 0 Å². The van der Waals surface area contributed by atoms with Crippen LogP contribution < -0.4 is 14.8 Å². The molecule has 1 aliphatic heterocycles. The van der Waals surface area contributed by atoms with Gasteiger partial charge in [-0.15, -0.1) is 0 Å². The summed E-state index contributed by atoms with van der Waals surface area (Å²) >= 11 is 0. The first-order chi connectivity index (χ1) is 13.6. The first-order valence-electron chi connectivity index (χ1n) is 9.16. The summed E-state index contributed by atoms with van der Waals surface area (Å²) in [5, 5.41) is 8.05. The molecule has 4 rings (SSSR count). The number of nitrogens with one attached hydrogen (secondary N) is 1. The van der Waals surface area contributed by atoms with Gasteiger partial charge in [-0.1, -0.05) is 0 Å². The van der Waals surface area contributed by atoms with Crippen LogP contribution in [0.5, 0.6) is 11.5 Å². The number of rotatable bonds is 4. The Kier molecular flexibility index (Phi) is 4.90. The molecule has 0 aliphatic carbocycles. The Morgan fingerprint density at radius 1 is 1.00 bits per heavy atom. The highest BCUT2D eigenvalue weighted by Gasteiger charge is 2.23. The summed E-state index contributed by atoms with van der Waals surface area (Å²) in [6.45, 7) is 0.771. The molecule has 0 unspecified atom stereocenters. The quantitative estimate of drug-likeness (QED) is 0.714. The van der Waals surface area contributed by atoms with Crippen LogP contribution in [0.4, 0.5) is 14.6 Å². The van der Waals surface area contributed by atoms with E-state index in [0.717, 1.165) is 54.5 Å². The predicted molar refractivity (Wildman–Crippen MR) is 103 cm³/mol. The van der Waals surface area contributed by atoms with Gasteiger partial charge in [0.1, 0.15) is 17.3 Å². The number of hydrogen-bond acceptors (Lipinski definition) is 4. The topological polar surface area (TPSA) is 48.3 Å². The van der Waals surface area contributed by atoms with Gasteiger partial charge < -0.3 is 14.8 Å². The zero-order chi connectivity index (χ0) is 19.7. The Labute approximate surface area is 161 Å². The predicted octanol–water partition coefficient (Wildman–Crippen LogP) is 4.58. The number of ether oxygens (including phenoxy) is 2. The standard InChI is InChI=1S/C21H21F2N3O2/c1-27-18-9-6-13(11-19(18)28-2)20-15-5-3-4-10-24-21(15)26(25-20)17-8-7-14(22)12-16(17)23/h6-9,11-12,24H,3-5,10H2,1-2H3. The summed E-state index contributed by atoms with van der Waals surface area (Å²) in [6.07, 6.45) is 2.82. The molecule has 3 aromatic rings. The molecule has 0 bridgehead atoms. The molecule has 2 aromatic carbocycles. The number of halogens is 2. The smallest absolute Gasteiger partial charge is 0.161 e. The highest BCUT2D eigenvalue weighted by Crippen LogP contribution is 2.38. The minimum Gasteiger partial charge on any atom is -0.493 e. The molecule has 0 fully saturated rings. The van der Waals surface area contributed by atoms with E-state index in [1.165, 1.54) is 16.8 Å². The molecular formula is C21H21F2N3O2. The van der Waals surface area contributed by atoms with Crippen LogP contribution in [0, 0.1) is 11.6 Å². The molecule has 0 spiro atoms. The Bertz CT molecular complexity index is 1020. The van der Waals surface area contributed by atoms with E-state index in [0.29, 0.717) is 11.5 Å². The van der Waals surface area contributed by atoms with Crippen molar-refractivity contribution in [2.75, 3.05) is 26.1 Å². The van der Waals surface area contributed by atoms with Crippen LogP contribution in [-0.4, -0.2) is 30.5 Å². The van der Waals surface area contributed by atoms with Crippen molar-refractivity contribution in [3.8, 4) is 28.4 Å². The van der Waals surface area contributed by atoms with E-state index in [1.807, 2.05) is 18.2 Å². The monoisotopic (exact) mass is 385 g/mol. The maximum atomic E-state index is 14.5. The Hall–Kier alpha value is -3.09. The lowest BCUT2D eigenvalue weighted by atomic mass is 10.0. The number of benzene rings is 2. The summed E-state index contributed by atoms with van der Waals surface area (Å²) in [6, 6.07) is 9.10. The fraction of sp³-hybridized carbons (Fsp3) is 0.286. The van der Waals surface area contributed by atoms with Gasteiger partial charge in [0.15, 0.2) is 17.3 Å². The molecule has 2 heterocycles. The maximum Gasteiger partial charge on any atom is 0.161 e. The van der Waals surface area contributed by atoms with Crippen LogP contribution in [0.15, 0.2) is 36.4 Å². The second kappa shape index (κ2) is 7.50. The Morgan fingerprint density at radius 2 is 1.82 bits per heavy atom. The van der Waals surface area contributed by atoms with Gasteiger partial charge >= 0.3 is 0 Å². The fourth-order valence-corrected chi connectivity index (χ4v) is 3.55. The van der Waals surface area contributed by atoms with E-state index >= 15 is 0 Å². The lowest BCUT2D eigenvalue weighted by molar-refractivity contribution is 0.355. The summed E-state index contributed by atoms with van der Waals surface area (Å²) in [5.74, 6) is 0.688. The van der Waals surface area contributed by atoms with Crippen molar-refractivity contribution in [1.82, 2.24) is 9.78 Å². The number of methoxy groups -OCH3 is 2. The highest BCUT2D eigenvalue weighted by molar-refractivity contribution is 5.73. The third-order valence-corrected chi connectivity index (χ3v) is 4.92. The minimum atomic E-state index is -0.657. The largest absolute Gasteiger partial charge is 0.493 e. The van der Waals surface area contributed by atoms with E-state index in [9.17, 15) is 8.78 Å². The van der Waals surface area contributed by atoms with Gasteiger partial charge in [0, 0.05) is 23.7 Å². The van der Waals surface area contributed by atoms with Gasteiger partial charge in [0.25, 0.3) is 0 Å². The molecule has 1 aromatic heterocycles. The number of nitrogens with zero attached hydrogens (tertiary/aromatic N) is 2. The van der Waals surface area contributed by atoms with Crippen molar-refractivity contribution in [3.05, 3.63) is 53.6 Å². The van der Waals surface area contributed by atoms with E-state index in [2.05, 4.69) is 5.32 Å². The summed E-state index contributed by atoms with van der Waals surface area (Å²) in [7, 11) is 3.16.